The molecule has 0 spiro atoms. The maximum Gasteiger partial charge on any atom is 0.272 e. The maximum absolute atomic E-state index is 13.1. The van der Waals surface area contributed by atoms with Crippen LogP contribution in [0.5, 0.6) is 0 Å². The van der Waals surface area contributed by atoms with Gasteiger partial charge in [-0.25, -0.2) is 13.1 Å². The highest BCUT2D eigenvalue weighted by Gasteiger charge is 2.21. The van der Waals surface area contributed by atoms with Gasteiger partial charge in [0, 0.05) is 30.0 Å². The molecule has 0 aliphatic carbocycles. The molecule has 3 aromatic carbocycles. The lowest BCUT2D eigenvalue weighted by atomic mass is 10.0. The number of amides is 2. The molecule has 0 saturated heterocycles. The molecule has 2 N–H and O–H groups in total. The zero-order chi connectivity index (χ0) is 29.4. The minimum atomic E-state index is -4.00. The molecule has 214 valence electrons. The van der Waals surface area contributed by atoms with E-state index in [0.29, 0.717) is 35.5 Å². The van der Waals surface area contributed by atoms with Crippen molar-refractivity contribution in [2.45, 2.75) is 50.6 Å². The van der Waals surface area contributed by atoms with Gasteiger partial charge in [-0.1, -0.05) is 86.1 Å². The Bertz CT molecular complexity index is 1600. The first-order valence-corrected chi connectivity index (χ1v) is 15.6. The number of nitrogens with zero attached hydrogens (tertiary/aromatic N) is 2. The molecule has 0 fully saturated rings. The molecule has 1 atom stereocenters. The Morgan fingerprint density at radius 1 is 0.951 bits per heavy atom. The predicted octanol–water partition coefficient (Wildman–Crippen LogP) is 4.65. The quantitative estimate of drug-likeness (QED) is 0.208. The second kappa shape index (κ2) is 13.6. The van der Waals surface area contributed by atoms with Crippen LogP contribution in [0.15, 0.2) is 89.8 Å². The van der Waals surface area contributed by atoms with Crippen LogP contribution in [-0.2, 0) is 34.2 Å². The van der Waals surface area contributed by atoms with Crippen molar-refractivity contribution in [3.63, 3.8) is 0 Å². The molecule has 41 heavy (non-hydrogen) atoms. The van der Waals surface area contributed by atoms with E-state index < -0.39 is 15.9 Å². The van der Waals surface area contributed by atoms with Gasteiger partial charge in [-0.2, -0.15) is 17.7 Å². The molecule has 0 unspecified atom stereocenters. The van der Waals surface area contributed by atoms with E-state index >= 15 is 0 Å². The zero-order valence-corrected chi connectivity index (χ0v) is 24.8. The molecule has 8 nitrogen and oxygen atoms in total. The van der Waals surface area contributed by atoms with Gasteiger partial charge in [0.2, 0.25) is 5.91 Å². The highest BCUT2D eigenvalue weighted by Crippen LogP contribution is 2.27. The van der Waals surface area contributed by atoms with Gasteiger partial charge in [-0.15, -0.1) is 0 Å². The third-order valence-electron chi connectivity index (χ3n) is 6.53. The highest BCUT2D eigenvalue weighted by molar-refractivity contribution is 7.90. The molecular weight excluding hydrogens is 556 g/mol. The average molecular weight is 591 g/mol. The summed E-state index contributed by atoms with van der Waals surface area (Å²) in [5.41, 5.74) is 4.58. The number of nitrogens with one attached hydrogen (secondary N) is 2. The zero-order valence-electron chi connectivity index (χ0n) is 23.1. The fourth-order valence-electron chi connectivity index (χ4n) is 4.63. The molecular formula is C31H34N4O4S2. The largest absolute Gasteiger partial charge is 0.347 e. The summed E-state index contributed by atoms with van der Waals surface area (Å²) in [6.07, 6.45) is 2.35. The van der Waals surface area contributed by atoms with Gasteiger partial charge in [-0.3, -0.25) is 14.3 Å². The van der Waals surface area contributed by atoms with Crippen molar-refractivity contribution < 1.29 is 18.0 Å². The van der Waals surface area contributed by atoms with Gasteiger partial charge >= 0.3 is 0 Å². The van der Waals surface area contributed by atoms with Crippen molar-refractivity contribution in [3.8, 4) is 11.1 Å². The molecule has 0 aliphatic heterocycles. The van der Waals surface area contributed by atoms with Gasteiger partial charge in [0.25, 0.3) is 15.9 Å². The highest BCUT2D eigenvalue weighted by atomic mass is 32.2. The van der Waals surface area contributed by atoms with E-state index in [9.17, 15) is 18.0 Å². The number of rotatable bonds is 12. The fraction of sp³-hybridized carbons (Fsp3) is 0.258. The molecule has 10 heteroatoms. The summed E-state index contributed by atoms with van der Waals surface area (Å²) in [7, 11) is -4.00. The van der Waals surface area contributed by atoms with Crippen LogP contribution in [0, 0.1) is 0 Å². The van der Waals surface area contributed by atoms with Crippen LogP contribution in [0.25, 0.3) is 11.1 Å². The first-order valence-electron chi connectivity index (χ1n) is 13.4. The number of sulfonamides is 1. The van der Waals surface area contributed by atoms with Crippen LogP contribution < -0.4 is 10.0 Å². The number of aryl methyl sites for hydroxylation is 1. The third-order valence-corrected chi connectivity index (χ3v) is 8.47. The summed E-state index contributed by atoms with van der Waals surface area (Å²) < 4.78 is 29.3. The lowest BCUT2D eigenvalue weighted by Gasteiger charge is -2.16. The topological polar surface area (TPSA) is 110 Å². The summed E-state index contributed by atoms with van der Waals surface area (Å²) in [5.74, 6) is -0.379. The smallest absolute Gasteiger partial charge is 0.272 e. The van der Waals surface area contributed by atoms with Crippen molar-refractivity contribution in [3.05, 3.63) is 107 Å². The molecule has 0 aliphatic rings. The lowest BCUT2D eigenvalue weighted by Crippen LogP contribution is -2.38. The number of carbonyl (C=O) groups excluding carboxylic acids is 2. The molecule has 0 radical (unpaired) electrons. The monoisotopic (exact) mass is 590 g/mol. The number of carbonyl (C=O) groups is 2. The first-order chi connectivity index (χ1) is 19.7. The summed E-state index contributed by atoms with van der Waals surface area (Å²) in [4.78, 5) is 24.6. The molecule has 0 bridgehead atoms. The van der Waals surface area contributed by atoms with Crippen LogP contribution in [0.2, 0.25) is 0 Å². The summed E-state index contributed by atoms with van der Waals surface area (Å²) in [6, 6.07) is 25.7. The lowest BCUT2D eigenvalue weighted by molar-refractivity contribution is -0.117. The fourth-order valence-corrected chi connectivity index (χ4v) is 6.07. The van der Waals surface area contributed by atoms with E-state index in [2.05, 4.69) is 30.0 Å². The molecule has 4 aromatic rings. The van der Waals surface area contributed by atoms with Gasteiger partial charge < -0.3 is 5.32 Å². The average Bonchev–Trinajstić information content (AvgIpc) is 3.35. The minimum Gasteiger partial charge on any atom is -0.347 e. The van der Waals surface area contributed by atoms with Gasteiger partial charge in [0.15, 0.2) is 0 Å². The molecule has 1 heterocycles. The van der Waals surface area contributed by atoms with E-state index in [1.807, 2.05) is 70.1 Å². The number of aromatic nitrogens is 2. The van der Waals surface area contributed by atoms with Crippen molar-refractivity contribution in [1.29, 1.82) is 0 Å². The molecule has 1 aromatic heterocycles. The Labute approximate surface area is 246 Å². The van der Waals surface area contributed by atoms with Crippen LogP contribution in [0.4, 0.5) is 0 Å². The standard InChI is InChI=1S/C31H34N4O4S2/c1-3-9-27-19-29(31(37)32-26(21-40)18-23-10-5-4-6-11-23)33-35(27)20-24-14-16-25(17-15-24)28-12-7-8-13-30(28)41(38,39)34-22(2)36/h4-8,10-17,19,26,40H,3,9,18,20-21H2,1-2H3,(H,32,37)(H,34,36)/t26-/m1/s1. The molecule has 4 rings (SSSR count). The van der Waals surface area contributed by atoms with Gasteiger partial charge in [-0.05, 0) is 41.7 Å². The second-order valence-electron chi connectivity index (χ2n) is 9.83. The Balaban J connectivity index is 1.52. The van der Waals surface area contributed by atoms with Crippen molar-refractivity contribution in [2.75, 3.05) is 5.75 Å². The maximum atomic E-state index is 13.1. The normalized spacial score (nSPS) is 12.1. The first kappa shape index (κ1) is 30.1. The third kappa shape index (κ3) is 7.86. The predicted molar refractivity (Wildman–Crippen MR) is 163 cm³/mol. The van der Waals surface area contributed by atoms with E-state index in [1.54, 1.807) is 18.2 Å². The number of hydrogen-bond donors (Lipinski definition) is 3. The van der Waals surface area contributed by atoms with E-state index in [4.69, 9.17) is 0 Å². The molecule has 0 saturated carbocycles. The number of benzene rings is 3. The summed E-state index contributed by atoms with van der Waals surface area (Å²) in [5, 5.41) is 7.70. The van der Waals surface area contributed by atoms with Crippen LogP contribution in [0.1, 0.15) is 47.6 Å². The minimum absolute atomic E-state index is 0.0303. The van der Waals surface area contributed by atoms with Crippen LogP contribution >= 0.6 is 12.6 Å². The van der Waals surface area contributed by atoms with Gasteiger partial charge in [0.1, 0.15) is 5.69 Å². The van der Waals surface area contributed by atoms with E-state index in [0.717, 1.165) is 36.6 Å². The van der Waals surface area contributed by atoms with Crippen molar-refractivity contribution in [2.24, 2.45) is 0 Å². The summed E-state index contributed by atoms with van der Waals surface area (Å²) >= 11 is 4.44. The van der Waals surface area contributed by atoms with E-state index in [-0.39, 0.29) is 16.8 Å². The number of thiol groups is 1. The number of hydrogen-bond acceptors (Lipinski definition) is 6. The second-order valence-corrected chi connectivity index (χ2v) is 11.8. The Hall–Kier alpha value is -3.89. The Morgan fingerprint density at radius 2 is 1.63 bits per heavy atom. The van der Waals surface area contributed by atoms with E-state index in [1.165, 1.54) is 6.07 Å². The van der Waals surface area contributed by atoms with Gasteiger partial charge in [0.05, 0.1) is 11.4 Å². The Kier molecular flexibility index (Phi) is 10.0. The van der Waals surface area contributed by atoms with Crippen molar-refractivity contribution >= 4 is 34.5 Å². The molecule has 2 amide bonds. The summed E-state index contributed by atoms with van der Waals surface area (Å²) in [6.45, 7) is 3.69. The van der Waals surface area contributed by atoms with Crippen LogP contribution in [-0.4, -0.2) is 41.8 Å². The Morgan fingerprint density at radius 3 is 2.29 bits per heavy atom. The van der Waals surface area contributed by atoms with Crippen molar-refractivity contribution in [1.82, 2.24) is 19.8 Å². The van der Waals surface area contributed by atoms with Crippen LogP contribution in [0.3, 0.4) is 0 Å². The SMILES string of the molecule is CCCc1cc(C(=O)N[C@@H](CS)Cc2ccccc2)nn1Cc1ccc(-c2ccccc2S(=O)(=O)NC(C)=O)cc1.